The lowest BCUT2D eigenvalue weighted by Crippen LogP contribution is -2.19. The van der Waals surface area contributed by atoms with Crippen LogP contribution >= 0.6 is 0 Å². The molecule has 0 saturated heterocycles. The van der Waals surface area contributed by atoms with Gasteiger partial charge in [0.05, 0.1) is 13.2 Å². The van der Waals surface area contributed by atoms with Crippen LogP contribution in [0.5, 0.6) is 5.75 Å². The molecule has 1 heterocycles. The van der Waals surface area contributed by atoms with Crippen LogP contribution in [-0.2, 0) is 19.3 Å². The third-order valence-corrected chi connectivity index (χ3v) is 2.78. The molecule has 5 nitrogen and oxygen atoms in total. The molecule has 0 amide bonds. The van der Waals surface area contributed by atoms with Gasteiger partial charge in [-0.25, -0.2) is 4.68 Å². The predicted octanol–water partition coefficient (Wildman–Crippen LogP) is 2.18. The summed E-state index contributed by atoms with van der Waals surface area (Å²) < 4.78 is 44.7. The molecule has 0 aliphatic heterocycles. The fourth-order valence-electron chi connectivity index (χ4n) is 1.88. The Morgan fingerprint density at radius 1 is 1.33 bits per heavy atom. The van der Waals surface area contributed by atoms with Gasteiger partial charge in [-0.1, -0.05) is 17.3 Å². The smallest absolute Gasteiger partial charge is 0.435 e. The number of hydrogen-bond donors (Lipinski definition) is 1. The van der Waals surface area contributed by atoms with E-state index in [1.54, 1.807) is 18.2 Å². The normalized spacial score (nSPS) is 11.7. The van der Waals surface area contributed by atoms with Gasteiger partial charge in [0, 0.05) is 0 Å². The number of nitrogens with zero attached hydrogens (tertiary/aromatic N) is 3. The van der Waals surface area contributed by atoms with Gasteiger partial charge >= 0.3 is 6.18 Å². The lowest BCUT2D eigenvalue weighted by atomic mass is 10.2. The minimum atomic E-state index is -4.62. The average molecular weight is 301 g/mol. The summed E-state index contributed by atoms with van der Waals surface area (Å²) in [5, 5.41) is 15.6. The molecule has 1 aromatic heterocycles. The van der Waals surface area contributed by atoms with Crippen molar-refractivity contribution in [1.29, 1.82) is 0 Å². The number of aliphatic hydroxyl groups excluding tert-OH is 1. The number of ether oxygens (including phenoxy) is 1. The Balaban J connectivity index is 2.05. The van der Waals surface area contributed by atoms with E-state index in [2.05, 4.69) is 10.3 Å². The molecular weight excluding hydrogens is 287 g/mol. The Kier molecular flexibility index (Phi) is 4.46. The molecule has 0 unspecified atom stereocenters. The van der Waals surface area contributed by atoms with Gasteiger partial charge in [0.15, 0.2) is 5.69 Å². The Bertz CT molecular complexity index is 611. The van der Waals surface area contributed by atoms with E-state index in [0.717, 1.165) is 5.56 Å². The van der Waals surface area contributed by atoms with Crippen LogP contribution in [0.2, 0.25) is 0 Å². The first-order valence-electron chi connectivity index (χ1n) is 6.21. The summed E-state index contributed by atoms with van der Waals surface area (Å²) in [6.07, 6.45) is -4.62. The lowest BCUT2D eigenvalue weighted by Gasteiger charge is -2.11. The highest BCUT2D eigenvalue weighted by atomic mass is 19.4. The molecule has 2 aromatic rings. The number of alkyl halides is 3. The highest BCUT2D eigenvalue weighted by molar-refractivity contribution is 5.27. The quantitative estimate of drug-likeness (QED) is 0.919. The summed E-state index contributed by atoms with van der Waals surface area (Å²) in [7, 11) is 0. The molecule has 1 N–H and O–H groups in total. The van der Waals surface area contributed by atoms with E-state index >= 15 is 0 Å². The Hall–Kier alpha value is -2.09. The highest BCUT2D eigenvalue weighted by Crippen LogP contribution is 2.31. The molecule has 0 atom stereocenters. The van der Waals surface area contributed by atoms with Crippen molar-refractivity contribution >= 4 is 0 Å². The molecule has 0 spiro atoms. The van der Waals surface area contributed by atoms with E-state index in [4.69, 9.17) is 9.84 Å². The van der Waals surface area contributed by atoms with Crippen LogP contribution in [0, 0.1) is 6.92 Å². The van der Waals surface area contributed by atoms with E-state index in [0.29, 0.717) is 10.4 Å². The summed E-state index contributed by atoms with van der Waals surface area (Å²) in [6, 6.07) is 7.19. The van der Waals surface area contributed by atoms with Crippen molar-refractivity contribution in [3.05, 3.63) is 41.2 Å². The van der Waals surface area contributed by atoms with E-state index in [-0.39, 0.29) is 13.2 Å². The fourth-order valence-corrected chi connectivity index (χ4v) is 1.88. The molecular formula is C13H14F3N3O2. The Morgan fingerprint density at radius 3 is 2.71 bits per heavy atom. The van der Waals surface area contributed by atoms with Gasteiger partial charge in [0.2, 0.25) is 0 Å². The van der Waals surface area contributed by atoms with Gasteiger partial charge in [0.25, 0.3) is 0 Å². The van der Waals surface area contributed by atoms with Crippen LogP contribution in [0.3, 0.4) is 0 Å². The summed E-state index contributed by atoms with van der Waals surface area (Å²) in [6.45, 7) is 0.976. The van der Waals surface area contributed by atoms with Crippen LogP contribution in [0.25, 0.3) is 0 Å². The number of aromatic nitrogens is 3. The van der Waals surface area contributed by atoms with Crippen molar-refractivity contribution in [3.63, 3.8) is 0 Å². The van der Waals surface area contributed by atoms with Crippen molar-refractivity contribution in [2.75, 3.05) is 6.61 Å². The maximum absolute atomic E-state index is 12.9. The average Bonchev–Trinajstić information content (AvgIpc) is 2.82. The second-order valence-electron chi connectivity index (χ2n) is 4.43. The summed E-state index contributed by atoms with van der Waals surface area (Å²) in [5.74, 6) is 0.575. The van der Waals surface area contributed by atoms with Crippen molar-refractivity contribution < 1.29 is 23.0 Å². The van der Waals surface area contributed by atoms with Crippen molar-refractivity contribution in [1.82, 2.24) is 15.0 Å². The number of benzene rings is 1. The topological polar surface area (TPSA) is 60.2 Å². The van der Waals surface area contributed by atoms with Crippen LogP contribution in [0.15, 0.2) is 24.3 Å². The predicted molar refractivity (Wildman–Crippen MR) is 67.6 cm³/mol. The van der Waals surface area contributed by atoms with Crippen LogP contribution in [0.1, 0.15) is 17.0 Å². The van der Waals surface area contributed by atoms with Crippen LogP contribution in [0.4, 0.5) is 13.2 Å². The molecule has 0 bridgehead atoms. The first-order valence-corrected chi connectivity index (χ1v) is 6.21. The van der Waals surface area contributed by atoms with Gasteiger partial charge in [-0.05, 0) is 24.6 Å². The maximum Gasteiger partial charge on any atom is 0.435 e. The zero-order chi connectivity index (χ0) is 15.5. The molecule has 8 heteroatoms. The molecule has 114 valence electrons. The van der Waals surface area contributed by atoms with Gasteiger partial charge in [-0.3, -0.25) is 0 Å². The molecule has 0 saturated carbocycles. The summed E-state index contributed by atoms with van der Waals surface area (Å²) in [4.78, 5) is 0. The zero-order valence-electron chi connectivity index (χ0n) is 11.3. The number of hydrogen-bond acceptors (Lipinski definition) is 4. The summed E-state index contributed by atoms with van der Waals surface area (Å²) >= 11 is 0. The minimum Gasteiger partial charge on any atom is -0.492 e. The van der Waals surface area contributed by atoms with E-state index < -0.39 is 24.2 Å². The largest absolute Gasteiger partial charge is 0.492 e. The third kappa shape index (κ3) is 3.72. The van der Waals surface area contributed by atoms with E-state index in [1.165, 1.54) is 0 Å². The van der Waals surface area contributed by atoms with Crippen molar-refractivity contribution in [2.24, 2.45) is 0 Å². The first kappa shape index (κ1) is 15.3. The van der Waals surface area contributed by atoms with Crippen molar-refractivity contribution in [3.8, 4) is 5.75 Å². The fraction of sp³-hybridized carbons (Fsp3) is 0.385. The second kappa shape index (κ2) is 6.13. The standard InChI is InChI=1S/C13H14F3N3O2/c1-9-3-2-4-10(7-9)21-6-5-19-12(13(14,15)16)11(8-20)17-18-19/h2-4,7,20H,5-6,8H2,1H3. The van der Waals surface area contributed by atoms with Gasteiger partial charge in [0.1, 0.15) is 18.1 Å². The number of aryl methyl sites for hydroxylation is 1. The number of halogens is 3. The second-order valence-corrected chi connectivity index (χ2v) is 4.43. The zero-order valence-corrected chi connectivity index (χ0v) is 11.3. The maximum atomic E-state index is 12.9. The third-order valence-electron chi connectivity index (χ3n) is 2.78. The Labute approximate surface area is 119 Å². The van der Waals surface area contributed by atoms with E-state index in [1.807, 2.05) is 13.0 Å². The van der Waals surface area contributed by atoms with Crippen LogP contribution < -0.4 is 4.74 Å². The van der Waals surface area contributed by atoms with Crippen molar-refractivity contribution in [2.45, 2.75) is 26.3 Å². The Morgan fingerprint density at radius 2 is 2.10 bits per heavy atom. The van der Waals surface area contributed by atoms with Gasteiger partial charge in [-0.2, -0.15) is 13.2 Å². The molecule has 21 heavy (non-hydrogen) atoms. The monoisotopic (exact) mass is 301 g/mol. The molecule has 2 rings (SSSR count). The van der Waals surface area contributed by atoms with Gasteiger partial charge in [-0.15, -0.1) is 5.10 Å². The highest BCUT2D eigenvalue weighted by Gasteiger charge is 2.38. The first-order chi connectivity index (χ1) is 9.91. The molecule has 0 fully saturated rings. The van der Waals surface area contributed by atoms with Gasteiger partial charge < -0.3 is 9.84 Å². The molecule has 0 aliphatic carbocycles. The van der Waals surface area contributed by atoms with Crippen LogP contribution in [-0.4, -0.2) is 26.7 Å². The number of aliphatic hydroxyl groups is 1. The molecule has 0 aliphatic rings. The minimum absolute atomic E-state index is 0.0146. The van der Waals surface area contributed by atoms with E-state index in [9.17, 15) is 13.2 Å². The summed E-state index contributed by atoms with van der Waals surface area (Å²) in [5.41, 5.74) is -0.539. The SMILES string of the molecule is Cc1cccc(OCCn2nnc(CO)c2C(F)(F)F)c1. The molecule has 0 radical (unpaired) electrons. The molecule has 1 aromatic carbocycles. The number of rotatable bonds is 5. The lowest BCUT2D eigenvalue weighted by molar-refractivity contribution is -0.145.